The third-order valence-electron chi connectivity index (χ3n) is 3.23. The van der Waals surface area contributed by atoms with Crippen LogP contribution < -0.4 is 18.6 Å². The number of alkyl halides is 1. The quantitative estimate of drug-likeness (QED) is 0.368. The summed E-state index contributed by atoms with van der Waals surface area (Å²) in [7, 11) is -4.94. The van der Waals surface area contributed by atoms with Crippen molar-refractivity contribution in [1.82, 2.24) is 4.90 Å². The highest BCUT2D eigenvalue weighted by Crippen LogP contribution is 2.19. The SMILES string of the molecule is BrCC[N+]12CCN(CC1)CC2.O.[O-][Cl+3]([O-])([O-])[O-]. The molecule has 7 nitrogen and oxygen atoms in total. The van der Waals surface area contributed by atoms with Crippen LogP contribution in [0.3, 0.4) is 0 Å². The topological polar surface area (TPSA) is 127 Å². The van der Waals surface area contributed by atoms with E-state index in [1.807, 2.05) is 0 Å². The molecule has 0 aromatic rings. The minimum Gasteiger partial charge on any atom is -0.412 e. The molecule has 0 radical (unpaired) electrons. The van der Waals surface area contributed by atoms with Crippen molar-refractivity contribution in [3.8, 4) is 0 Å². The Morgan fingerprint density at radius 1 is 1.00 bits per heavy atom. The second-order valence-corrected chi connectivity index (χ2v) is 5.69. The average Bonchev–Trinajstić information content (AvgIpc) is 2.18. The largest absolute Gasteiger partial charge is 0.412 e. The van der Waals surface area contributed by atoms with Crippen LogP contribution in [-0.4, -0.2) is 66.0 Å². The summed E-state index contributed by atoms with van der Waals surface area (Å²) in [5, 5.41) is 1.17. The molecule has 9 heteroatoms. The van der Waals surface area contributed by atoms with Crippen LogP contribution in [0.25, 0.3) is 0 Å². The Morgan fingerprint density at radius 2 is 1.35 bits per heavy atom. The summed E-state index contributed by atoms with van der Waals surface area (Å²) in [5.41, 5.74) is 0. The molecule has 3 aliphatic rings. The van der Waals surface area contributed by atoms with Crippen molar-refractivity contribution in [2.24, 2.45) is 0 Å². The molecule has 3 saturated heterocycles. The van der Waals surface area contributed by atoms with Crippen molar-refractivity contribution in [2.75, 3.05) is 51.1 Å². The summed E-state index contributed by atoms with van der Waals surface area (Å²) in [5.74, 6) is 0. The van der Waals surface area contributed by atoms with Crippen LogP contribution >= 0.6 is 15.9 Å². The average molecular weight is 338 g/mol. The van der Waals surface area contributed by atoms with Gasteiger partial charge in [0.05, 0.1) is 31.5 Å². The number of hydrogen-bond acceptors (Lipinski definition) is 5. The molecule has 104 valence electrons. The van der Waals surface area contributed by atoms with Gasteiger partial charge in [-0.1, -0.05) is 15.9 Å². The summed E-state index contributed by atoms with van der Waals surface area (Å²) in [6.07, 6.45) is 0. The van der Waals surface area contributed by atoms with E-state index in [4.69, 9.17) is 18.6 Å². The smallest absolute Gasteiger partial charge is 0.0916 e. The highest BCUT2D eigenvalue weighted by atomic mass is 79.9. The maximum absolute atomic E-state index is 8.49. The maximum Gasteiger partial charge on any atom is 0.0916 e. The molecule has 0 aromatic carbocycles. The number of rotatable bonds is 2. The molecule has 0 aliphatic carbocycles. The predicted molar refractivity (Wildman–Crippen MR) is 53.6 cm³/mol. The Balaban J connectivity index is 0.000000373. The first kappa shape index (κ1) is 17.5. The van der Waals surface area contributed by atoms with Gasteiger partial charge < -0.3 is 9.96 Å². The minimum atomic E-state index is -4.94. The molecule has 0 aromatic heterocycles. The van der Waals surface area contributed by atoms with E-state index in [2.05, 4.69) is 20.8 Å². The zero-order valence-corrected chi connectivity index (χ0v) is 11.8. The fourth-order valence-corrected chi connectivity index (χ4v) is 3.00. The number of halogens is 2. The Labute approximate surface area is 111 Å². The molecule has 0 amide bonds. The normalized spacial score (nSPS) is 31.2. The first-order chi connectivity index (χ1) is 7.35. The van der Waals surface area contributed by atoms with Crippen LogP contribution in [0.1, 0.15) is 0 Å². The van der Waals surface area contributed by atoms with Gasteiger partial charge in [-0.05, 0) is 0 Å². The monoisotopic (exact) mass is 336 g/mol. The van der Waals surface area contributed by atoms with Crippen molar-refractivity contribution in [1.29, 1.82) is 0 Å². The summed E-state index contributed by atoms with van der Waals surface area (Å²) < 4.78 is 35.4. The highest BCUT2D eigenvalue weighted by molar-refractivity contribution is 9.09. The van der Waals surface area contributed by atoms with Gasteiger partial charge in [0, 0.05) is 19.6 Å². The summed E-state index contributed by atoms with van der Waals surface area (Å²) in [4.78, 5) is 2.59. The van der Waals surface area contributed by atoms with Gasteiger partial charge in [-0.15, -0.1) is 10.2 Å². The Kier molecular flexibility index (Phi) is 7.38. The standard InChI is InChI=1S/C8H16BrN2.ClHO4.H2O/c9-1-5-11-6-2-10(3-7-11)4-8-11;2-1(3,4)5;/h1-8H2;(H,2,3,4,5);1H2/q+1;;/p-1. The lowest BCUT2D eigenvalue weighted by molar-refractivity contribution is -2.00. The van der Waals surface area contributed by atoms with Crippen LogP contribution in [0.15, 0.2) is 0 Å². The number of quaternary nitrogens is 1. The highest BCUT2D eigenvalue weighted by Gasteiger charge is 2.37. The molecule has 17 heavy (non-hydrogen) atoms. The second kappa shape index (κ2) is 7.17. The molecule has 0 spiro atoms. The lowest BCUT2D eigenvalue weighted by atomic mass is 10.1. The van der Waals surface area contributed by atoms with E-state index in [0.717, 1.165) is 0 Å². The van der Waals surface area contributed by atoms with Crippen LogP contribution in [0, 0.1) is 10.2 Å². The van der Waals surface area contributed by atoms with E-state index in [1.54, 1.807) is 0 Å². The van der Waals surface area contributed by atoms with E-state index in [9.17, 15) is 0 Å². The van der Waals surface area contributed by atoms with Gasteiger partial charge in [-0.25, -0.2) is 18.6 Å². The Morgan fingerprint density at radius 3 is 1.65 bits per heavy atom. The van der Waals surface area contributed by atoms with E-state index >= 15 is 0 Å². The molecular weight excluding hydrogens is 319 g/mol. The first-order valence-electron chi connectivity index (χ1n) is 5.10. The molecule has 0 unspecified atom stereocenters. The zero-order valence-electron chi connectivity index (χ0n) is 9.44. The van der Waals surface area contributed by atoms with Crippen LogP contribution in [0.4, 0.5) is 0 Å². The van der Waals surface area contributed by atoms with Crippen LogP contribution in [0.5, 0.6) is 0 Å². The molecular formula is C8H18BrClN2O5. The molecule has 0 saturated carbocycles. The van der Waals surface area contributed by atoms with Gasteiger partial charge in [0.25, 0.3) is 0 Å². The third-order valence-corrected chi connectivity index (χ3v) is 3.59. The van der Waals surface area contributed by atoms with Crippen molar-refractivity contribution < 1.29 is 38.8 Å². The second-order valence-electron chi connectivity index (χ2n) is 4.14. The minimum absolute atomic E-state index is 0. The number of piperazine rings is 3. The van der Waals surface area contributed by atoms with Gasteiger partial charge in [-0.2, -0.15) is 0 Å². The molecule has 2 N–H and O–H groups in total. The zero-order chi connectivity index (χ0) is 12.2. The van der Waals surface area contributed by atoms with Gasteiger partial charge in [-0.3, -0.25) is 4.90 Å². The van der Waals surface area contributed by atoms with Gasteiger partial charge in [0.2, 0.25) is 0 Å². The molecule has 2 bridgehead atoms. The first-order valence-corrected chi connectivity index (χ1v) is 7.45. The summed E-state index contributed by atoms with van der Waals surface area (Å²) in [6.45, 7) is 9.55. The maximum atomic E-state index is 8.49. The molecule has 3 fully saturated rings. The summed E-state index contributed by atoms with van der Waals surface area (Å²) in [6, 6.07) is 0. The van der Waals surface area contributed by atoms with Crippen LogP contribution in [-0.2, 0) is 0 Å². The van der Waals surface area contributed by atoms with E-state index < -0.39 is 10.2 Å². The number of hydrogen-bond donors (Lipinski definition) is 0. The Bertz CT molecular complexity index is 195. The molecule has 3 aliphatic heterocycles. The fraction of sp³-hybridized carbons (Fsp3) is 1.00. The lowest BCUT2D eigenvalue weighted by Crippen LogP contribution is -2.68. The van der Waals surface area contributed by atoms with Crippen LogP contribution in [0.2, 0.25) is 0 Å². The van der Waals surface area contributed by atoms with Crippen molar-refractivity contribution in [2.45, 2.75) is 0 Å². The summed E-state index contributed by atoms with van der Waals surface area (Å²) >= 11 is 3.55. The van der Waals surface area contributed by atoms with Crippen molar-refractivity contribution in [3.05, 3.63) is 0 Å². The molecule has 3 rings (SSSR count). The van der Waals surface area contributed by atoms with Gasteiger partial charge >= 0.3 is 0 Å². The number of nitrogens with zero attached hydrogens (tertiary/aromatic N) is 2. The van der Waals surface area contributed by atoms with E-state index in [1.165, 1.54) is 55.6 Å². The molecule has 3 heterocycles. The third kappa shape index (κ3) is 6.85. The predicted octanol–water partition coefficient (Wildman–Crippen LogP) is -5.05. The van der Waals surface area contributed by atoms with Gasteiger partial charge in [0.15, 0.2) is 0 Å². The van der Waals surface area contributed by atoms with Gasteiger partial charge in [0.1, 0.15) is 0 Å². The van der Waals surface area contributed by atoms with E-state index in [0.29, 0.717) is 0 Å². The fourth-order valence-electron chi connectivity index (χ4n) is 2.25. The Hall–Kier alpha value is 0.490. The number of fused-ring (bicyclic) bond motifs is 3. The van der Waals surface area contributed by atoms with Crippen molar-refractivity contribution in [3.63, 3.8) is 0 Å². The lowest BCUT2D eigenvalue weighted by Gasteiger charge is -2.50. The van der Waals surface area contributed by atoms with E-state index in [-0.39, 0.29) is 5.48 Å². The van der Waals surface area contributed by atoms with Crippen molar-refractivity contribution >= 4 is 15.9 Å². The molecule has 0 atom stereocenters.